The van der Waals surface area contributed by atoms with Gasteiger partial charge in [-0.2, -0.15) is 0 Å². The molecule has 0 bridgehead atoms. The highest BCUT2D eigenvalue weighted by Crippen LogP contribution is 2.24. The minimum absolute atomic E-state index is 0.0961. The third-order valence-electron chi connectivity index (χ3n) is 2.80. The number of rotatable bonds is 2. The molecular weight excluding hydrogens is 222 g/mol. The van der Waals surface area contributed by atoms with Gasteiger partial charge in [-0.15, -0.1) is 0 Å². The molecular formula is C12H17NO2S. The quantitative estimate of drug-likeness (QED) is 0.801. The standard InChI is InChI=1S/C12H17NO2S/c1-9-4-5-12(11(13)7-9)16(14)10-3-2-6-15-8-10/h4-5,7,10H,2-3,6,8,13H2,1H3. The Bertz CT molecular complexity index is 400. The molecule has 0 aliphatic carbocycles. The van der Waals surface area contributed by atoms with E-state index < -0.39 is 10.8 Å². The molecule has 2 N–H and O–H groups in total. The summed E-state index contributed by atoms with van der Waals surface area (Å²) in [5.41, 5.74) is 7.62. The molecule has 0 spiro atoms. The molecule has 0 radical (unpaired) electrons. The maximum Gasteiger partial charge on any atom is 0.0630 e. The van der Waals surface area contributed by atoms with Crippen LogP contribution in [0, 0.1) is 6.92 Å². The van der Waals surface area contributed by atoms with E-state index in [1.54, 1.807) is 0 Å². The van der Waals surface area contributed by atoms with E-state index in [1.165, 1.54) is 0 Å². The fourth-order valence-electron chi connectivity index (χ4n) is 1.91. The zero-order valence-corrected chi connectivity index (χ0v) is 10.3. The Morgan fingerprint density at radius 2 is 2.31 bits per heavy atom. The highest BCUT2D eigenvalue weighted by atomic mass is 32.2. The second-order valence-corrected chi connectivity index (χ2v) is 5.88. The Labute approximate surface area is 98.4 Å². The minimum atomic E-state index is -1.04. The fraction of sp³-hybridized carbons (Fsp3) is 0.500. The first-order valence-corrected chi connectivity index (χ1v) is 6.74. The second kappa shape index (κ2) is 4.97. The maximum atomic E-state index is 12.3. The van der Waals surface area contributed by atoms with Crippen molar-refractivity contribution in [3.8, 4) is 0 Å². The van der Waals surface area contributed by atoms with E-state index in [4.69, 9.17) is 10.5 Å². The molecule has 1 saturated heterocycles. The van der Waals surface area contributed by atoms with Crippen molar-refractivity contribution in [2.75, 3.05) is 18.9 Å². The average Bonchev–Trinajstić information content (AvgIpc) is 2.29. The molecule has 1 heterocycles. The van der Waals surface area contributed by atoms with Gasteiger partial charge in [0.05, 0.1) is 27.6 Å². The predicted octanol–water partition coefficient (Wildman–Crippen LogP) is 1.86. The summed E-state index contributed by atoms with van der Waals surface area (Å²) in [4.78, 5) is 0.751. The normalized spacial score (nSPS) is 22.9. The molecule has 88 valence electrons. The minimum Gasteiger partial charge on any atom is -0.398 e. The molecule has 1 aromatic rings. The first-order chi connectivity index (χ1) is 7.68. The van der Waals surface area contributed by atoms with Gasteiger partial charge in [0.2, 0.25) is 0 Å². The smallest absolute Gasteiger partial charge is 0.0630 e. The summed E-state index contributed by atoms with van der Waals surface area (Å²) in [6.45, 7) is 3.35. The van der Waals surface area contributed by atoms with Crippen molar-refractivity contribution >= 4 is 16.5 Å². The molecule has 3 nitrogen and oxygen atoms in total. The Kier molecular flexibility index (Phi) is 3.61. The van der Waals surface area contributed by atoms with Crippen LogP contribution in [0.25, 0.3) is 0 Å². The zero-order valence-electron chi connectivity index (χ0n) is 9.44. The highest BCUT2D eigenvalue weighted by Gasteiger charge is 2.22. The van der Waals surface area contributed by atoms with Crippen LogP contribution in [0.3, 0.4) is 0 Å². The van der Waals surface area contributed by atoms with E-state index in [9.17, 15) is 4.21 Å². The van der Waals surface area contributed by atoms with Gasteiger partial charge in [-0.05, 0) is 37.5 Å². The van der Waals surface area contributed by atoms with Crippen molar-refractivity contribution in [1.82, 2.24) is 0 Å². The lowest BCUT2D eigenvalue weighted by Gasteiger charge is -2.22. The Hall–Kier alpha value is -0.870. The van der Waals surface area contributed by atoms with E-state index in [0.29, 0.717) is 12.3 Å². The monoisotopic (exact) mass is 239 g/mol. The molecule has 2 atom stereocenters. The van der Waals surface area contributed by atoms with E-state index in [-0.39, 0.29) is 5.25 Å². The van der Waals surface area contributed by atoms with E-state index in [1.807, 2.05) is 25.1 Å². The van der Waals surface area contributed by atoms with E-state index in [0.717, 1.165) is 29.9 Å². The lowest BCUT2D eigenvalue weighted by Crippen LogP contribution is -2.27. The molecule has 16 heavy (non-hydrogen) atoms. The van der Waals surface area contributed by atoms with E-state index in [2.05, 4.69) is 0 Å². The summed E-state index contributed by atoms with van der Waals surface area (Å²) in [5.74, 6) is 0. The van der Waals surface area contributed by atoms with Gasteiger partial charge in [-0.3, -0.25) is 4.21 Å². The van der Waals surface area contributed by atoms with Crippen LogP contribution >= 0.6 is 0 Å². The number of benzene rings is 1. The van der Waals surface area contributed by atoms with Crippen LogP contribution in [0.2, 0.25) is 0 Å². The van der Waals surface area contributed by atoms with Crippen molar-refractivity contribution in [2.24, 2.45) is 0 Å². The van der Waals surface area contributed by atoms with Crippen molar-refractivity contribution in [1.29, 1.82) is 0 Å². The third kappa shape index (κ3) is 2.44. The zero-order chi connectivity index (χ0) is 11.5. The Morgan fingerprint density at radius 3 is 2.94 bits per heavy atom. The number of ether oxygens (including phenoxy) is 1. The first-order valence-electron chi connectivity index (χ1n) is 5.53. The lowest BCUT2D eigenvalue weighted by atomic mass is 10.2. The number of nitrogens with two attached hydrogens (primary N) is 1. The third-order valence-corrected chi connectivity index (χ3v) is 4.59. The molecule has 2 unspecified atom stereocenters. The molecule has 1 aromatic carbocycles. The van der Waals surface area contributed by atoms with Gasteiger partial charge in [0, 0.05) is 12.3 Å². The molecule has 2 rings (SSSR count). The first kappa shape index (κ1) is 11.6. The summed E-state index contributed by atoms with van der Waals surface area (Å²) in [7, 11) is -1.04. The van der Waals surface area contributed by atoms with Gasteiger partial charge >= 0.3 is 0 Å². The number of nitrogen functional groups attached to an aromatic ring is 1. The summed E-state index contributed by atoms with van der Waals surface area (Å²) in [6, 6.07) is 5.69. The molecule has 0 saturated carbocycles. The number of aryl methyl sites for hydroxylation is 1. The predicted molar refractivity (Wildman–Crippen MR) is 65.8 cm³/mol. The highest BCUT2D eigenvalue weighted by molar-refractivity contribution is 7.85. The molecule has 1 fully saturated rings. The van der Waals surface area contributed by atoms with Crippen LogP contribution in [-0.4, -0.2) is 22.7 Å². The molecule has 1 aliphatic heterocycles. The van der Waals surface area contributed by atoms with Crippen LogP contribution in [0.1, 0.15) is 18.4 Å². The van der Waals surface area contributed by atoms with Crippen LogP contribution in [0.5, 0.6) is 0 Å². The van der Waals surface area contributed by atoms with Gasteiger partial charge in [-0.1, -0.05) is 6.07 Å². The number of hydrogen-bond donors (Lipinski definition) is 1. The van der Waals surface area contributed by atoms with Crippen molar-refractivity contribution in [2.45, 2.75) is 29.9 Å². The summed E-state index contributed by atoms with van der Waals surface area (Å²) >= 11 is 0. The van der Waals surface area contributed by atoms with Crippen molar-refractivity contribution < 1.29 is 8.95 Å². The largest absolute Gasteiger partial charge is 0.398 e. The van der Waals surface area contributed by atoms with Crippen LogP contribution in [0.15, 0.2) is 23.1 Å². The summed E-state index contributed by atoms with van der Waals surface area (Å²) in [5, 5.41) is 0.0961. The Morgan fingerprint density at radius 1 is 1.50 bits per heavy atom. The second-order valence-electron chi connectivity index (χ2n) is 4.18. The summed E-state index contributed by atoms with van der Waals surface area (Å²) < 4.78 is 17.6. The van der Waals surface area contributed by atoms with Gasteiger partial charge in [0.25, 0.3) is 0 Å². The number of hydrogen-bond acceptors (Lipinski definition) is 3. The van der Waals surface area contributed by atoms with Gasteiger partial charge < -0.3 is 10.5 Å². The Balaban J connectivity index is 2.19. The fourth-order valence-corrected chi connectivity index (χ4v) is 3.36. The van der Waals surface area contributed by atoms with E-state index >= 15 is 0 Å². The molecule has 4 heteroatoms. The number of anilines is 1. The maximum absolute atomic E-state index is 12.3. The van der Waals surface area contributed by atoms with Gasteiger partial charge in [0.1, 0.15) is 0 Å². The summed E-state index contributed by atoms with van der Waals surface area (Å²) in [6.07, 6.45) is 1.95. The SMILES string of the molecule is Cc1ccc(S(=O)C2CCCOC2)c(N)c1. The van der Waals surface area contributed by atoms with Gasteiger partial charge in [-0.25, -0.2) is 0 Å². The molecule has 0 aromatic heterocycles. The van der Waals surface area contributed by atoms with Crippen molar-refractivity contribution in [3.05, 3.63) is 23.8 Å². The average molecular weight is 239 g/mol. The van der Waals surface area contributed by atoms with Crippen molar-refractivity contribution in [3.63, 3.8) is 0 Å². The van der Waals surface area contributed by atoms with Crippen LogP contribution in [0.4, 0.5) is 5.69 Å². The lowest BCUT2D eigenvalue weighted by molar-refractivity contribution is 0.100. The van der Waals surface area contributed by atoms with Gasteiger partial charge in [0.15, 0.2) is 0 Å². The van der Waals surface area contributed by atoms with Crippen LogP contribution in [-0.2, 0) is 15.5 Å². The topological polar surface area (TPSA) is 52.3 Å². The van der Waals surface area contributed by atoms with Crippen LogP contribution < -0.4 is 5.73 Å². The molecule has 1 aliphatic rings. The molecule has 0 amide bonds.